The zero-order valence-electron chi connectivity index (χ0n) is 13.5. The summed E-state index contributed by atoms with van der Waals surface area (Å²) in [5.41, 5.74) is 2.25. The molecule has 116 valence electrons. The van der Waals surface area contributed by atoms with E-state index >= 15 is 0 Å². The van der Waals surface area contributed by atoms with E-state index in [1.807, 2.05) is 24.3 Å². The summed E-state index contributed by atoms with van der Waals surface area (Å²) in [4.78, 5) is 22.4. The van der Waals surface area contributed by atoms with Crippen LogP contribution in [0.2, 0.25) is 0 Å². The lowest BCUT2D eigenvalue weighted by Crippen LogP contribution is -2.37. The van der Waals surface area contributed by atoms with E-state index in [1.165, 1.54) is 12.8 Å². The number of nitrogens with zero attached hydrogens (tertiary/aromatic N) is 2. The molecule has 4 nitrogen and oxygen atoms in total. The van der Waals surface area contributed by atoms with E-state index in [9.17, 15) is 4.79 Å². The minimum Gasteiger partial charge on any atom is -0.348 e. The Bertz CT molecular complexity index is 794. The molecule has 1 saturated heterocycles. The smallest absolute Gasteiger partial charge is 0.291 e. The molecule has 0 unspecified atom stereocenters. The van der Waals surface area contributed by atoms with Crippen LogP contribution in [0.3, 0.4) is 0 Å². The molecule has 0 spiro atoms. The van der Waals surface area contributed by atoms with Gasteiger partial charge in [-0.05, 0) is 42.2 Å². The van der Waals surface area contributed by atoms with Crippen molar-refractivity contribution in [1.29, 1.82) is 0 Å². The molecule has 2 heterocycles. The second-order valence-electron chi connectivity index (χ2n) is 8.25. The maximum atomic E-state index is 12.5. The van der Waals surface area contributed by atoms with Gasteiger partial charge in [-0.3, -0.25) is 4.79 Å². The van der Waals surface area contributed by atoms with Crippen molar-refractivity contribution >= 4 is 16.9 Å². The highest BCUT2D eigenvalue weighted by molar-refractivity contribution is 5.75. The zero-order valence-corrected chi connectivity index (χ0v) is 13.5. The molecule has 4 heteroatoms. The van der Waals surface area contributed by atoms with Gasteiger partial charge in [0.15, 0.2) is 5.82 Å². The Morgan fingerprint density at radius 2 is 2.00 bits per heavy atom. The zero-order chi connectivity index (χ0) is 15.5. The number of hydrogen-bond acceptors (Lipinski definition) is 3. The molecule has 22 heavy (non-hydrogen) atoms. The van der Waals surface area contributed by atoms with Gasteiger partial charge in [-0.2, -0.15) is 0 Å². The van der Waals surface area contributed by atoms with Gasteiger partial charge in [0.25, 0.3) is 5.56 Å². The molecule has 2 fully saturated rings. The SMILES string of the molecule is CC1(C)C[C@H]2C[C@@](C)(CN2c2nc3ccccc3[nH]c2=O)C1. The molecule has 1 N–H and O–H groups in total. The second-order valence-corrected chi connectivity index (χ2v) is 8.25. The molecule has 1 saturated carbocycles. The van der Waals surface area contributed by atoms with Crippen molar-refractivity contribution in [3.63, 3.8) is 0 Å². The van der Waals surface area contributed by atoms with Gasteiger partial charge in [-0.25, -0.2) is 4.98 Å². The highest BCUT2D eigenvalue weighted by Crippen LogP contribution is 2.52. The van der Waals surface area contributed by atoms with Gasteiger partial charge < -0.3 is 9.88 Å². The van der Waals surface area contributed by atoms with Gasteiger partial charge >= 0.3 is 0 Å². The quantitative estimate of drug-likeness (QED) is 0.878. The monoisotopic (exact) mass is 297 g/mol. The summed E-state index contributed by atoms with van der Waals surface area (Å²) in [6, 6.07) is 8.18. The molecule has 2 bridgehead atoms. The summed E-state index contributed by atoms with van der Waals surface area (Å²) in [7, 11) is 0. The third kappa shape index (κ3) is 2.13. The molecule has 2 aromatic rings. The van der Waals surface area contributed by atoms with Gasteiger partial charge in [0.05, 0.1) is 11.0 Å². The van der Waals surface area contributed by atoms with Crippen molar-refractivity contribution in [2.24, 2.45) is 10.8 Å². The first kappa shape index (κ1) is 13.8. The van der Waals surface area contributed by atoms with Crippen LogP contribution in [0.1, 0.15) is 40.0 Å². The van der Waals surface area contributed by atoms with Crippen LogP contribution in [0.15, 0.2) is 29.1 Å². The predicted molar refractivity (Wildman–Crippen MR) is 89.2 cm³/mol. The number of para-hydroxylation sites is 2. The first-order valence-corrected chi connectivity index (χ1v) is 8.11. The van der Waals surface area contributed by atoms with Crippen LogP contribution in [0.4, 0.5) is 5.82 Å². The predicted octanol–water partition coefficient (Wildman–Crippen LogP) is 3.33. The number of H-pyrrole nitrogens is 1. The van der Waals surface area contributed by atoms with E-state index < -0.39 is 0 Å². The van der Waals surface area contributed by atoms with Crippen molar-refractivity contribution in [3.8, 4) is 0 Å². The van der Waals surface area contributed by atoms with E-state index in [0.29, 0.717) is 22.7 Å². The van der Waals surface area contributed by atoms with Crippen LogP contribution in [0, 0.1) is 10.8 Å². The molecule has 4 rings (SSSR count). The maximum Gasteiger partial charge on any atom is 0.291 e. The number of benzene rings is 1. The third-order valence-electron chi connectivity index (χ3n) is 5.27. The lowest BCUT2D eigenvalue weighted by molar-refractivity contribution is 0.136. The van der Waals surface area contributed by atoms with Crippen molar-refractivity contribution in [2.75, 3.05) is 11.4 Å². The van der Waals surface area contributed by atoms with Crippen LogP contribution >= 0.6 is 0 Å². The maximum absolute atomic E-state index is 12.5. The minimum atomic E-state index is -0.0624. The fourth-order valence-corrected chi connectivity index (χ4v) is 4.92. The topological polar surface area (TPSA) is 49.0 Å². The third-order valence-corrected chi connectivity index (χ3v) is 5.27. The first-order valence-electron chi connectivity index (χ1n) is 8.11. The van der Waals surface area contributed by atoms with E-state index in [2.05, 4.69) is 35.6 Å². The van der Waals surface area contributed by atoms with Gasteiger partial charge in [0.1, 0.15) is 0 Å². The fraction of sp³-hybridized carbons (Fsp3) is 0.556. The molecule has 2 atom stereocenters. The van der Waals surface area contributed by atoms with E-state index in [0.717, 1.165) is 24.0 Å². The summed E-state index contributed by atoms with van der Waals surface area (Å²) < 4.78 is 0. The molecule has 2 aliphatic rings. The van der Waals surface area contributed by atoms with Crippen LogP contribution < -0.4 is 10.5 Å². The summed E-state index contributed by atoms with van der Waals surface area (Å²) >= 11 is 0. The van der Waals surface area contributed by atoms with Gasteiger partial charge in [-0.1, -0.05) is 32.9 Å². The summed E-state index contributed by atoms with van der Waals surface area (Å²) in [5.74, 6) is 0.602. The number of anilines is 1. The van der Waals surface area contributed by atoms with Crippen LogP contribution in [-0.4, -0.2) is 22.6 Å². The lowest BCUT2D eigenvalue weighted by Gasteiger charge is -2.39. The lowest BCUT2D eigenvalue weighted by atomic mass is 9.65. The molecule has 0 amide bonds. The Morgan fingerprint density at radius 3 is 2.82 bits per heavy atom. The highest BCUT2D eigenvalue weighted by Gasteiger charge is 2.50. The number of nitrogens with one attached hydrogen (secondary N) is 1. The van der Waals surface area contributed by atoms with Gasteiger partial charge in [-0.15, -0.1) is 0 Å². The molecular weight excluding hydrogens is 274 g/mol. The average molecular weight is 297 g/mol. The fourth-order valence-electron chi connectivity index (χ4n) is 4.92. The minimum absolute atomic E-state index is 0.0624. The Morgan fingerprint density at radius 1 is 1.23 bits per heavy atom. The standard InChI is InChI=1S/C18H23N3O/c1-17(2)8-12-9-18(3,10-17)11-21(12)15-16(22)20-14-7-5-4-6-13(14)19-15/h4-7,12H,8-11H2,1-3H3,(H,20,22)/t12-,18+/m0/s1. The molecule has 1 aromatic carbocycles. The molecule has 1 aromatic heterocycles. The Kier molecular flexibility index (Phi) is 2.72. The number of aromatic amines is 1. The number of hydrogen-bond donors (Lipinski definition) is 1. The normalized spacial score (nSPS) is 30.0. The van der Waals surface area contributed by atoms with Crippen molar-refractivity contribution in [2.45, 2.75) is 46.1 Å². The highest BCUT2D eigenvalue weighted by atomic mass is 16.1. The van der Waals surface area contributed by atoms with E-state index in [1.54, 1.807) is 0 Å². The van der Waals surface area contributed by atoms with Gasteiger partial charge in [0, 0.05) is 12.6 Å². The van der Waals surface area contributed by atoms with Crippen LogP contribution in [0.25, 0.3) is 11.0 Å². The first-order chi connectivity index (χ1) is 10.4. The summed E-state index contributed by atoms with van der Waals surface area (Å²) in [6.07, 6.45) is 3.53. The summed E-state index contributed by atoms with van der Waals surface area (Å²) in [5, 5.41) is 0. The summed E-state index contributed by atoms with van der Waals surface area (Å²) in [6.45, 7) is 7.99. The average Bonchev–Trinajstić information content (AvgIpc) is 2.67. The number of fused-ring (bicyclic) bond motifs is 3. The molecular formula is C18H23N3O. The Labute approximate surface area is 130 Å². The van der Waals surface area contributed by atoms with Crippen molar-refractivity contribution in [3.05, 3.63) is 34.6 Å². The van der Waals surface area contributed by atoms with Gasteiger partial charge in [0.2, 0.25) is 0 Å². The van der Waals surface area contributed by atoms with Crippen molar-refractivity contribution < 1.29 is 0 Å². The van der Waals surface area contributed by atoms with Crippen molar-refractivity contribution in [1.82, 2.24) is 9.97 Å². The Hall–Kier alpha value is -1.84. The number of rotatable bonds is 1. The molecule has 1 aliphatic heterocycles. The van der Waals surface area contributed by atoms with E-state index in [4.69, 9.17) is 0 Å². The number of aromatic nitrogens is 2. The Balaban J connectivity index is 1.80. The molecule has 0 radical (unpaired) electrons. The van der Waals surface area contributed by atoms with Crippen LogP contribution in [-0.2, 0) is 0 Å². The molecule has 1 aliphatic carbocycles. The van der Waals surface area contributed by atoms with E-state index in [-0.39, 0.29) is 5.56 Å². The van der Waals surface area contributed by atoms with Crippen LogP contribution in [0.5, 0.6) is 0 Å². The second kappa shape index (κ2) is 4.34. The largest absolute Gasteiger partial charge is 0.348 e.